The topological polar surface area (TPSA) is 111 Å². The minimum Gasteiger partial charge on any atom is -0.756 e. The van der Waals surface area contributed by atoms with Gasteiger partial charge in [0.05, 0.1) is 27.7 Å². The normalized spacial score (nSPS) is 13.3. The number of carbonyl (C=O) groups excluding carboxylic acids is 2. The molecule has 0 aromatic heterocycles. The highest BCUT2D eigenvalue weighted by molar-refractivity contribution is 7.45. The average Bonchev–Trinajstić information content (AvgIpc) is 3.29. The Morgan fingerprint density at radius 2 is 0.761 bits per heavy atom. The van der Waals surface area contributed by atoms with Crippen LogP contribution in [0.1, 0.15) is 290 Å². The smallest absolute Gasteiger partial charge is 0.306 e. The number of phosphoric acid groups is 1. The van der Waals surface area contributed by atoms with E-state index in [-0.39, 0.29) is 32.0 Å². The Morgan fingerprint density at radius 3 is 1.10 bits per heavy atom. The largest absolute Gasteiger partial charge is 0.756 e. The SMILES string of the molecule is CCCCCCCCCC/C=C\CCCCCCCCCCCCCCCCCC(=O)OC(COC(=O)CCCCCCCCCCCCCCCCCC)COP(=O)([O-])OCC[N+](C)(C)C. The molecule has 0 radical (unpaired) electrons. The van der Waals surface area contributed by atoms with Crippen molar-refractivity contribution in [2.45, 2.75) is 296 Å². The van der Waals surface area contributed by atoms with Crippen LogP contribution in [0.25, 0.3) is 0 Å². The zero-order chi connectivity index (χ0) is 49.2. The Morgan fingerprint density at radius 1 is 0.448 bits per heavy atom. The first-order valence-corrected chi connectivity index (χ1v) is 30.4. The van der Waals surface area contributed by atoms with Crippen LogP contribution >= 0.6 is 7.82 Å². The van der Waals surface area contributed by atoms with E-state index >= 15 is 0 Å². The molecule has 0 aromatic carbocycles. The highest BCUT2D eigenvalue weighted by Gasteiger charge is 2.22. The number of esters is 2. The van der Waals surface area contributed by atoms with E-state index in [0.717, 1.165) is 32.1 Å². The van der Waals surface area contributed by atoms with E-state index in [1.807, 2.05) is 21.1 Å². The Hall–Kier alpha value is -1.25. The molecular weight excluding hydrogens is 858 g/mol. The third-order valence-electron chi connectivity index (χ3n) is 13.0. The fraction of sp³-hybridized carbons (Fsp3) is 0.930. The molecular formula is C57H112NO8P. The Labute approximate surface area is 416 Å². The van der Waals surface area contributed by atoms with Crippen LogP contribution < -0.4 is 4.89 Å². The number of quaternary nitrogens is 1. The summed E-state index contributed by atoms with van der Waals surface area (Å²) in [6.45, 7) is 4.29. The number of ether oxygens (including phenoxy) is 2. The molecule has 0 N–H and O–H groups in total. The van der Waals surface area contributed by atoms with Crippen molar-refractivity contribution in [1.82, 2.24) is 0 Å². The molecule has 0 saturated carbocycles. The zero-order valence-electron chi connectivity index (χ0n) is 45.1. The van der Waals surface area contributed by atoms with E-state index in [9.17, 15) is 19.0 Å². The van der Waals surface area contributed by atoms with E-state index < -0.39 is 26.5 Å². The second-order valence-corrected chi connectivity index (χ2v) is 22.4. The molecule has 0 spiro atoms. The van der Waals surface area contributed by atoms with Crippen molar-refractivity contribution in [3.05, 3.63) is 12.2 Å². The summed E-state index contributed by atoms with van der Waals surface area (Å²) in [4.78, 5) is 37.8. The molecule has 2 unspecified atom stereocenters. The lowest BCUT2D eigenvalue weighted by Gasteiger charge is -2.28. The first-order valence-electron chi connectivity index (χ1n) is 28.9. The molecule has 67 heavy (non-hydrogen) atoms. The lowest BCUT2D eigenvalue weighted by Crippen LogP contribution is -2.37. The number of hydrogen-bond donors (Lipinski definition) is 0. The molecule has 0 heterocycles. The maximum atomic E-state index is 12.8. The van der Waals surface area contributed by atoms with Crippen LogP contribution in [0.5, 0.6) is 0 Å². The van der Waals surface area contributed by atoms with E-state index in [2.05, 4.69) is 26.0 Å². The highest BCUT2D eigenvalue weighted by Crippen LogP contribution is 2.38. The van der Waals surface area contributed by atoms with Crippen LogP contribution in [-0.2, 0) is 32.7 Å². The van der Waals surface area contributed by atoms with Crippen molar-refractivity contribution >= 4 is 19.8 Å². The van der Waals surface area contributed by atoms with Gasteiger partial charge in [-0.05, 0) is 38.5 Å². The van der Waals surface area contributed by atoms with E-state index in [1.165, 1.54) is 225 Å². The van der Waals surface area contributed by atoms with Gasteiger partial charge in [-0.25, -0.2) is 0 Å². The molecule has 9 nitrogen and oxygen atoms in total. The summed E-state index contributed by atoms with van der Waals surface area (Å²) in [5.74, 6) is -0.814. The maximum absolute atomic E-state index is 12.8. The Balaban J connectivity index is 4.08. The van der Waals surface area contributed by atoms with Crippen molar-refractivity contribution < 1.29 is 42.1 Å². The number of hydrogen-bond acceptors (Lipinski definition) is 8. The number of rotatable bonds is 54. The summed E-state index contributed by atoms with van der Waals surface area (Å²) in [5, 5.41) is 0. The number of phosphoric ester groups is 1. The van der Waals surface area contributed by atoms with Crippen LogP contribution in [0.4, 0.5) is 0 Å². The zero-order valence-corrected chi connectivity index (χ0v) is 46.0. The number of carbonyl (C=O) groups is 2. The van der Waals surface area contributed by atoms with E-state index in [4.69, 9.17) is 18.5 Å². The summed E-state index contributed by atoms with van der Waals surface area (Å²) in [5.41, 5.74) is 0. The van der Waals surface area contributed by atoms with Gasteiger partial charge in [0.1, 0.15) is 19.8 Å². The predicted octanol–water partition coefficient (Wildman–Crippen LogP) is 17.0. The van der Waals surface area contributed by atoms with Crippen LogP contribution in [0.15, 0.2) is 12.2 Å². The molecule has 0 fully saturated rings. The summed E-state index contributed by atoms with van der Waals surface area (Å²) in [6.07, 6.45) is 56.9. The van der Waals surface area contributed by atoms with Gasteiger partial charge in [-0.3, -0.25) is 14.2 Å². The van der Waals surface area contributed by atoms with Crippen LogP contribution in [0.2, 0.25) is 0 Å². The number of unbranched alkanes of at least 4 members (excludes halogenated alkanes) is 38. The average molecular weight is 970 g/mol. The molecule has 0 rings (SSSR count). The first kappa shape index (κ1) is 65.8. The van der Waals surface area contributed by atoms with Crippen molar-refractivity contribution in [2.75, 3.05) is 47.5 Å². The molecule has 0 saturated heterocycles. The Kier molecular flexibility index (Phi) is 48.8. The van der Waals surface area contributed by atoms with Gasteiger partial charge in [-0.1, -0.05) is 251 Å². The second kappa shape index (κ2) is 49.7. The fourth-order valence-electron chi connectivity index (χ4n) is 8.54. The van der Waals surface area contributed by atoms with Gasteiger partial charge >= 0.3 is 11.9 Å². The van der Waals surface area contributed by atoms with Crippen LogP contribution in [-0.4, -0.2) is 70.0 Å². The molecule has 0 aliphatic carbocycles. The molecule has 0 bridgehead atoms. The van der Waals surface area contributed by atoms with Crippen molar-refractivity contribution in [2.24, 2.45) is 0 Å². The fourth-order valence-corrected chi connectivity index (χ4v) is 9.26. The molecule has 0 amide bonds. The van der Waals surface area contributed by atoms with Crippen molar-refractivity contribution in [3.63, 3.8) is 0 Å². The van der Waals surface area contributed by atoms with E-state index in [1.54, 1.807) is 0 Å². The third-order valence-corrected chi connectivity index (χ3v) is 14.0. The van der Waals surface area contributed by atoms with Gasteiger partial charge in [0.2, 0.25) is 0 Å². The highest BCUT2D eigenvalue weighted by atomic mass is 31.2. The van der Waals surface area contributed by atoms with Gasteiger partial charge in [0.25, 0.3) is 7.82 Å². The second-order valence-electron chi connectivity index (χ2n) is 21.0. The van der Waals surface area contributed by atoms with E-state index in [0.29, 0.717) is 17.4 Å². The molecule has 10 heteroatoms. The summed E-state index contributed by atoms with van der Waals surface area (Å²) >= 11 is 0. The van der Waals surface area contributed by atoms with Gasteiger partial charge < -0.3 is 27.9 Å². The van der Waals surface area contributed by atoms with Crippen LogP contribution in [0, 0.1) is 0 Å². The lowest BCUT2D eigenvalue weighted by atomic mass is 10.0. The molecule has 398 valence electrons. The minimum atomic E-state index is -4.63. The first-order chi connectivity index (χ1) is 32.5. The van der Waals surface area contributed by atoms with Gasteiger partial charge in [0.15, 0.2) is 6.10 Å². The predicted molar refractivity (Wildman–Crippen MR) is 282 cm³/mol. The summed E-state index contributed by atoms with van der Waals surface area (Å²) in [6, 6.07) is 0. The quantitative estimate of drug-likeness (QED) is 0.0195. The van der Waals surface area contributed by atoms with Gasteiger partial charge in [-0.2, -0.15) is 0 Å². The number of nitrogens with zero attached hydrogens (tertiary/aromatic N) is 1. The molecule has 2 atom stereocenters. The van der Waals surface area contributed by atoms with Crippen LogP contribution in [0.3, 0.4) is 0 Å². The minimum absolute atomic E-state index is 0.0266. The number of allylic oxidation sites excluding steroid dienone is 2. The summed E-state index contributed by atoms with van der Waals surface area (Å²) < 4.78 is 34.1. The standard InChI is InChI=1S/C57H112NO8P/c1-6-8-10-12-14-16-18-20-22-24-25-26-27-28-29-30-31-32-33-34-36-38-40-42-44-46-48-50-57(60)66-55(54-65-67(61,62)64-52-51-58(3,4)5)53-63-56(59)49-47-45-43-41-39-37-35-23-21-19-17-15-13-11-9-7-2/h24-25,55H,6-23,26-54H2,1-5H3/b25-24-. The molecule has 0 aromatic rings. The Bertz CT molecular complexity index is 1140. The monoisotopic (exact) mass is 970 g/mol. The molecule has 0 aliphatic heterocycles. The summed E-state index contributed by atoms with van der Waals surface area (Å²) in [7, 11) is 1.18. The maximum Gasteiger partial charge on any atom is 0.306 e. The van der Waals surface area contributed by atoms with Gasteiger partial charge in [-0.15, -0.1) is 0 Å². The van der Waals surface area contributed by atoms with Crippen molar-refractivity contribution in [1.29, 1.82) is 0 Å². The number of likely N-dealkylation sites (N-methyl/N-ethyl adjacent to an activating group) is 1. The molecule has 0 aliphatic rings. The van der Waals surface area contributed by atoms with Crippen molar-refractivity contribution in [3.8, 4) is 0 Å². The third kappa shape index (κ3) is 53.9. The van der Waals surface area contributed by atoms with Gasteiger partial charge in [0, 0.05) is 12.8 Å². The lowest BCUT2D eigenvalue weighted by molar-refractivity contribution is -0.870.